The monoisotopic (exact) mass is 411 g/mol. The van der Waals surface area contributed by atoms with E-state index in [1.807, 2.05) is 0 Å². The van der Waals surface area contributed by atoms with Gasteiger partial charge in [-0.25, -0.2) is 13.1 Å². The van der Waals surface area contributed by atoms with Crippen molar-refractivity contribution in [2.24, 2.45) is 5.92 Å². The van der Waals surface area contributed by atoms with E-state index in [4.69, 9.17) is 4.74 Å². The van der Waals surface area contributed by atoms with Gasteiger partial charge in [0.2, 0.25) is 10.0 Å². The highest BCUT2D eigenvalue weighted by atomic mass is 32.2. The van der Waals surface area contributed by atoms with Gasteiger partial charge in [-0.1, -0.05) is 6.42 Å². The summed E-state index contributed by atoms with van der Waals surface area (Å²) in [6, 6.07) is 4.75. The molecule has 2 atom stereocenters. The Kier molecular flexibility index (Phi) is 6.63. The number of nitrogens with zero attached hydrogens (tertiary/aromatic N) is 2. The third-order valence-corrected chi connectivity index (χ3v) is 6.68. The van der Waals surface area contributed by atoms with E-state index in [1.54, 1.807) is 0 Å². The number of sulfonamides is 1. The van der Waals surface area contributed by atoms with Gasteiger partial charge in [0, 0.05) is 24.7 Å². The Hall–Kier alpha value is -2.04. The number of non-ortho nitro benzene ring substituents is 1. The van der Waals surface area contributed by atoms with Gasteiger partial charge in [0.1, 0.15) is 5.75 Å². The predicted octanol–water partition coefficient (Wildman–Crippen LogP) is 1.68. The third kappa shape index (κ3) is 5.49. The second kappa shape index (κ2) is 8.97. The fourth-order valence-corrected chi connectivity index (χ4v) is 4.83. The molecule has 1 saturated heterocycles. The van der Waals surface area contributed by atoms with Crippen LogP contribution in [-0.4, -0.2) is 55.6 Å². The van der Waals surface area contributed by atoms with E-state index in [1.165, 1.54) is 30.7 Å². The van der Waals surface area contributed by atoms with Crippen LogP contribution >= 0.6 is 0 Å². The number of carbonyl (C=O) groups excluding carboxylic acids is 1. The van der Waals surface area contributed by atoms with Crippen molar-refractivity contribution in [1.29, 1.82) is 0 Å². The molecule has 28 heavy (non-hydrogen) atoms. The lowest BCUT2D eigenvalue weighted by molar-refractivity contribution is -0.384. The molecule has 1 aromatic carbocycles. The molecule has 1 aromatic rings. The SMILES string of the molecule is O=C(Oc1ccc([N+](=O)[O-])cc1)C1CCC1NS(=O)(=O)CCN1CCCCC1. The number of likely N-dealkylation sites (tertiary alicyclic amines) is 1. The number of nitro groups is 1. The fourth-order valence-electron chi connectivity index (χ4n) is 3.47. The maximum Gasteiger partial charge on any atom is 0.315 e. The van der Waals surface area contributed by atoms with Crippen molar-refractivity contribution in [1.82, 2.24) is 9.62 Å². The second-order valence-corrected chi connectivity index (χ2v) is 9.17. The molecule has 0 radical (unpaired) electrons. The number of carbonyl (C=O) groups is 1. The molecule has 0 aromatic heterocycles. The Labute approximate surface area is 164 Å². The number of hydrogen-bond acceptors (Lipinski definition) is 7. The fraction of sp³-hybridized carbons (Fsp3) is 0.611. The number of esters is 1. The van der Waals surface area contributed by atoms with Gasteiger partial charge in [-0.3, -0.25) is 14.9 Å². The molecule has 0 spiro atoms. The minimum Gasteiger partial charge on any atom is -0.426 e. The van der Waals surface area contributed by atoms with Gasteiger partial charge < -0.3 is 9.64 Å². The van der Waals surface area contributed by atoms with Crippen LogP contribution in [0.2, 0.25) is 0 Å². The van der Waals surface area contributed by atoms with Crippen molar-refractivity contribution in [3.8, 4) is 5.75 Å². The molecule has 0 bridgehead atoms. The van der Waals surface area contributed by atoms with E-state index >= 15 is 0 Å². The summed E-state index contributed by atoms with van der Waals surface area (Å²) in [6.45, 7) is 2.37. The first kappa shape index (κ1) is 20.7. The van der Waals surface area contributed by atoms with E-state index in [-0.39, 0.29) is 17.2 Å². The largest absolute Gasteiger partial charge is 0.426 e. The first-order chi connectivity index (χ1) is 13.3. The summed E-state index contributed by atoms with van der Waals surface area (Å²) in [5, 5.41) is 10.7. The first-order valence-corrected chi connectivity index (χ1v) is 11.2. The van der Waals surface area contributed by atoms with E-state index in [2.05, 4.69) is 9.62 Å². The van der Waals surface area contributed by atoms with Crippen molar-refractivity contribution in [2.45, 2.75) is 38.1 Å². The van der Waals surface area contributed by atoms with E-state index in [0.717, 1.165) is 25.9 Å². The minimum atomic E-state index is -3.47. The molecule has 1 N–H and O–H groups in total. The number of piperidine rings is 1. The molecule has 9 nitrogen and oxygen atoms in total. The molecule has 2 aliphatic rings. The van der Waals surface area contributed by atoms with Crippen LogP contribution < -0.4 is 9.46 Å². The van der Waals surface area contributed by atoms with Gasteiger partial charge in [-0.2, -0.15) is 0 Å². The lowest BCUT2D eigenvalue weighted by Gasteiger charge is -2.35. The minimum absolute atomic E-state index is 0.0214. The molecule has 154 valence electrons. The first-order valence-electron chi connectivity index (χ1n) is 9.52. The molecule has 3 rings (SSSR count). The summed E-state index contributed by atoms with van der Waals surface area (Å²) in [5.41, 5.74) is -0.0946. The normalized spacial score (nSPS) is 23.0. The standard InChI is InChI=1S/C18H25N3O6S/c22-18(27-15-6-4-14(5-7-15)21(23)24)16-8-9-17(16)19-28(25,26)13-12-20-10-2-1-3-11-20/h4-7,16-17,19H,1-3,8-13H2. The maximum absolute atomic E-state index is 12.4. The lowest BCUT2D eigenvalue weighted by Crippen LogP contribution is -2.52. The van der Waals surface area contributed by atoms with Gasteiger partial charge in [-0.15, -0.1) is 0 Å². The van der Waals surface area contributed by atoms with Crippen LogP contribution in [0, 0.1) is 16.0 Å². The Morgan fingerprint density at radius 2 is 1.86 bits per heavy atom. The lowest BCUT2D eigenvalue weighted by atomic mass is 9.80. The molecule has 2 fully saturated rings. The number of ether oxygens (including phenoxy) is 1. The molecular weight excluding hydrogens is 386 g/mol. The number of rotatable bonds is 8. The van der Waals surface area contributed by atoms with Crippen LogP contribution in [0.5, 0.6) is 5.75 Å². The zero-order valence-electron chi connectivity index (χ0n) is 15.6. The Morgan fingerprint density at radius 3 is 2.43 bits per heavy atom. The zero-order chi connectivity index (χ0) is 20.1. The van der Waals surface area contributed by atoms with Gasteiger partial charge in [0.15, 0.2) is 0 Å². The van der Waals surface area contributed by atoms with Crippen LogP contribution in [0.15, 0.2) is 24.3 Å². The van der Waals surface area contributed by atoms with Gasteiger partial charge in [0.05, 0.1) is 16.6 Å². The van der Waals surface area contributed by atoms with Gasteiger partial charge in [0.25, 0.3) is 5.69 Å². The maximum atomic E-state index is 12.4. The van der Waals surface area contributed by atoms with Crippen LogP contribution in [0.3, 0.4) is 0 Å². The smallest absolute Gasteiger partial charge is 0.315 e. The summed E-state index contributed by atoms with van der Waals surface area (Å²) >= 11 is 0. The zero-order valence-corrected chi connectivity index (χ0v) is 16.4. The summed E-state index contributed by atoms with van der Waals surface area (Å²) < 4.78 is 32.6. The second-order valence-electron chi connectivity index (χ2n) is 7.30. The summed E-state index contributed by atoms with van der Waals surface area (Å²) in [4.78, 5) is 24.6. The molecule has 1 saturated carbocycles. The quantitative estimate of drug-likeness (QED) is 0.299. The molecule has 1 aliphatic carbocycles. The number of benzene rings is 1. The summed E-state index contributed by atoms with van der Waals surface area (Å²) in [7, 11) is -3.47. The topological polar surface area (TPSA) is 119 Å². The highest BCUT2D eigenvalue weighted by Gasteiger charge is 2.40. The Morgan fingerprint density at radius 1 is 1.18 bits per heavy atom. The average molecular weight is 411 g/mol. The highest BCUT2D eigenvalue weighted by molar-refractivity contribution is 7.89. The van der Waals surface area contributed by atoms with E-state index in [9.17, 15) is 23.3 Å². The molecule has 1 heterocycles. The van der Waals surface area contributed by atoms with Crippen LogP contribution in [0.4, 0.5) is 5.69 Å². The van der Waals surface area contributed by atoms with Gasteiger partial charge in [-0.05, 0) is 50.9 Å². The van der Waals surface area contributed by atoms with Crippen molar-refractivity contribution >= 4 is 21.7 Å². The molecule has 10 heteroatoms. The van der Waals surface area contributed by atoms with Crippen molar-refractivity contribution in [2.75, 3.05) is 25.4 Å². The number of hydrogen-bond donors (Lipinski definition) is 1. The van der Waals surface area contributed by atoms with Crippen LogP contribution in [-0.2, 0) is 14.8 Å². The van der Waals surface area contributed by atoms with Crippen LogP contribution in [0.25, 0.3) is 0 Å². The molecule has 0 amide bonds. The van der Waals surface area contributed by atoms with E-state index in [0.29, 0.717) is 19.4 Å². The molecular formula is C18H25N3O6S. The molecule has 2 unspecified atom stereocenters. The third-order valence-electron chi connectivity index (χ3n) is 5.30. The van der Waals surface area contributed by atoms with Gasteiger partial charge >= 0.3 is 5.97 Å². The van der Waals surface area contributed by atoms with Crippen molar-refractivity contribution < 1.29 is 22.9 Å². The van der Waals surface area contributed by atoms with E-state index < -0.39 is 32.9 Å². The van der Waals surface area contributed by atoms with Crippen molar-refractivity contribution in [3.63, 3.8) is 0 Å². The Balaban J connectivity index is 1.48. The highest BCUT2D eigenvalue weighted by Crippen LogP contribution is 2.30. The van der Waals surface area contributed by atoms with Crippen LogP contribution in [0.1, 0.15) is 32.1 Å². The Bertz CT molecular complexity index is 805. The average Bonchev–Trinajstić information content (AvgIpc) is 2.65. The number of nitro benzene ring substituents is 1. The molecule has 1 aliphatic heterocycles. The van der Waals surface area contributed by atoms with Crippen molar-refractivity contribution in [3.05, 3.63) is 34.4 Å². The predicted molar refractivity (Wildman–Crippen MR) is 102 cm³/mol. The number of nitrogens with one attached hydrogen (secondary N) is 1. The summed E-state index contributed by atoms with van der Waals surface area (Å²) in [6.07, 6.45) is 4.54. The summed E-state index contributed by atoms with van der Waals surface area (Å²) in [5.74, 6) is -0.842.